The Morgan fingerprint density at radius 1 is 1.17 bits per heavy atom. The van der Waals surface area contributed by atoms with Crippen molar-refractivity contribution in [2.45, 2.75) is 32.1 Å². The molecule has 2 amide bonds. The monoisotopic (exact) mass is 451 g/mol. The molecule has 7 heteroatoms. The molecule has 5 rings (SSSR count). The average molecular weight is 452 g/mol. The first-order valence-electron chi connectivity index (χ1n) is 10.0. The van der Waals surface area contributed by atoms with E-state index in [-0.39, 0.29) is 6.03 Å². The van der Waals surface area contributed by atoms with Gasteiger partial charge in [-0.05, 0) is 61.4 Å². The van der Waals surface area contributed by atoms with Crippen molar-refractivity contribution in [1.29, 1.82) is 0 Å². The number of carbonyl (C=O) groups excluding carboxylic acids is 1. The van der Waals surface area contributed by atoms with E-state index in [1.807, 2.05) is 29.2 Å². The fourth-order valence-corrected chi connectivity index (χ4v) is 4.71. The van der Waals surface area contributed by atoms with Gasteiger partial charge in [0.1, 0.15) is 12.0 Å². The molecule has 0 bridgehead atoms. The number of H-pyrrole nitrogens is 1. The molecule has 6 nitrogen and oxygen atoms in total. The second kappa shape index (κ2) is 7.63. The third-order valence-corrected chi connectivity index (χ3v) is 6.26. The van der Waals surface area contributed by atoms with Crippen LogP contribution >= 0.6 is 15.9 Å². The number of anilines is 1. The molecule has 1 aliphatic carbocycles. The van der Waals surface area contributed by atoms with Crippen LogP contribution in [-0.2, 0) is 12.8 Å². The number of aromatic nitrogens is 3. The number of aromatic amines is 1. The molecule has 1 aliphatic heterocycles. The van der Waals surface area contributed by atoms with Gasteiger partial charge < -0.3 is 15.2 Å². The molecule has 3 heterocycles. The van der Waals surface area contributed by atoms with Crippen LogP contribution in [0.1, 0.15) is 36.2 Å². The molecule has 0 atom stereocenters. The smallest absolute Gasteiger partial charge is 0.322 e. The Bertz CT molecular complexity index is 1120. The van der Waals surface area contributed by atoms with Crippen molar-refractivity contribution in [2.75, 3.05) is 18.4 Å². The number of urea groups is 1. The van der Waals surface area contributed by atoms with Crippen LogP contribution in [0.25, 0.3) is 16.6 Å². The van der Waals surface area contributed by atoms with Crippen molar-refractivity contribution < 1.29 is 4.79 Å². The first kappa shape index (κ1) is 18.4. The lowest BCUT2D eigenvalue weighted by molar-refractivity contribution is 0.217. The Morgan fingerprint density at radius 3 is 2.90 bits per heavy atom. The lowest BCUT2D eigenvalue weighted by atomic mass is 9.93. The number of benzene rings is 1. The lowest BCUT2D eigenvalue weighted by Gasteiger charge is -2.27. The highest BCUT2D eigenvalue weighted by Gasteiger charge is 2.23. The zero-order valence-corrected chi connectivity index (χ0v) is 17.6. The minimum Gasteiger partial charge on any atom is -0.343 e. The normalized spacial score (nSPS) is 16.4. The molecule has 0 spiro atoms. The molecule has 0 radical (unpaired) electrons. The Hall–Kier alpha value is -2.67. The van der Waals surface area contributed by atoms with Crippen LogP contribution in [0.2, 0.25) is 0 Å². The SMILES string of the molecule is O=C(Nc1cccc(Br)c1)N1CC=C(c2ncnc3[nH]c4c(c23)CCCC4)CC1. The zero-order chi connectivity index (χ0) is 19.8. The van der Waals surface area contributed by atoms with E-state index >= 15 is 0 Å². The number of carbonyl (C=O) groups is 1. The number of amides is 2. The Morgan fingerprint density at radius 2 is 2.07 bits per heavy atom. The largest absolute Gasteiger partial charge is 0.343 e. The summed E-state index contributed by atoms with van der Waals surface area (Å²) >= 11 is 3.44. The fraction of sp³-hybridized carbons (Fsp3) is 0.318. The van der Waals surface area contributed by atoms with Gasteiger partial charge in [-0.25, -0.2) is 14.8 Å². The maximum absolute atomic E-state index is 12.6. The van der Waals surface area contributed by atoms with E-state index < -0.39 is 0 Å². The number of rotatable bonds is 2. The number of aryl methyl sites for hydroxylation is 2. The molecule has 0 fully saturated rings. The van der Waals surface area contributed by atoms with Gasteiger partial charge in [0.05, 0.1) is 5.69 Å². The van der Waals surface area contributed by atoms with Gasteiger partial charge in [0.15, 0.2) is 0 Å². The fourth-order valence-electron chi connectivity index (χ4n) is 4.31. The van der Waals surface area contributed by atoms with Crippen LogP contribution in [0.5, 0.6) is 0 Å². The van der Waals surface area contributed by atoms with Crippen LogP contribution in [0.15, 0.2) is 41.1 Å². The maximum atomic E-state index is 12.6. The number of nitrogens with zero attached hydrogens (tertiary/aromatic N) is 3. The van der Waals surface area contributed by atoms with E-state index in [1.54, 1.807) is 6.33 Å². The summed E-state index contributed by atoms with van der Waals surface area (Å²) in [4.78, 5) is 27.1. The van der Waals surface area contributed by atoms with Gasteiger partial charge in [0.2, 0.25) is 0 Å². The molecular weight excluding hydrogens is 430 g/mol. The number of nitrogens with one attached hydrogen (secondary N) is 2. The highest BCUT2D eigenvalue weighted by molar-refractivity contribution is 9.10. The summed E-state index contributed by atoms with van der Waals surface area (Å²) in [5, 5.41) is 4.15. The summed E-state index contributed by atoms with van der Waals surface area (Å²) in [7, 11) is 0. The van der Waals surface area contributed by atoms with Gasteiger partial charge in [-0.15, -0.1) is 0 Å². The first-order chi connectivity index (χ1) is 14.2. The summed E-state index contributed by atoms with van der Waals surface area (Å²) in [6.07, 6.45) is 9.20. The minimum absolute atomic E-state index is 0.0785. The second-order valence-corrected chi connectivity index (χ2v) is 8.52. The van der Waals surface area contributed by atoms with Gasteiger partial charge in [-0.1, -0.05) is 28.1 Å². The molecule has 2 aliphatic rings. The summed E-state index contributed by atoms with van der Waals surface area (Å²) < 4.78 is 0.943. The average Bonchev–Trinajstić information content (AvgIpc) is 3.13. The maximum Gasteiger partial charge on any atom is 0.322 e. The molecule has 0 saturated heterocycles. The van der Waals surface area contributed by atoms with Crippen LogP contribution in [0.3, 0.4) is 0 Å². The van der Waals surface area contributed by atoms with E-state index in [4.69, 9.17) is 0 Å². The van der Waals surface area contributed by atoms with Crippen molar-refractivity contribution in [3.8, 4) is 0 Å². The first-order valence-corrected chi connectivity index (χ1v) is 10.8. The van der Waals surface area contributed by atoms with Crippen LogP contribution in [0.4, 0.5) is 10.5 Å². The van der Waals surface area contributed by atoms with Gasteiger partial charge in [-0.2, -0.15) is 0 Å². The van der Waals surface area contributed by atoms with Crippen LogP contribution < -0.4 is 5.32 Å². The second-order valence-electron chi connectivity index (χ2n) is 7.60. The van der Waals surface area contributed by atoms with E-state index in [0.717, 1.165) is 40.8 Å². The molecule has 2 N–H and O–H groups in total. The van der Waals surface area contributed by atoms with Crippen molar-refractivity contribution in [3.05, 3.63) is 58.1 Å². The van der Waals surface area contributed by atoms with Gasteiger partial charge >= 0.3 is 6.03 Å². The van der Waals surface area contributed by atoms with Crippen molar-refractivity contribution >= 4 is 44.3 Å². The third-order valence-electron chi connectivity index (χ3n) is 5.76. The van der Waals surface area contributed by atoms with Gasteiger partial charge in [0.25, 0.3) is 0 Å². The van der Waals surface area contributed by atoms with Crippen molar-refractivity contribution in [2.24, 2.45) is 0 Å². The minimum atomic E-state index is -0.0785. The molecular formula is C22H22BrN5O. The molecule has 2 aromatic heterocycles. The molecule has 29 heavy (non-hydrogen) atoms. The predicted molar refractivity (Wildman–Crippen MR) is 118 cm³/mol. The Balaban J connectivity index is 1.37. The number of hydrogen-bond acceptors (Lipinski definition) is 3. The standard InChI is InChI=1S/C22H22BrN5O/c23-15-4-3-5-16(12-15)26-22(29)28-10-8-14(9-11-28)20-19-17-6-1-2-7-18(17)27-21(19)25-13-24-20/h3-5,8,12-13H,1-2,6-7,9-11H2,(H,26,29)(H,24,25,27). The molecule has 0 unspecified atom stereocenters. The van der Waals surface area contributed by atoms with Crippen LogP contribution in [0, 0.1) is 0 Å². The third kappa shape index (κ3) is 3.55. The molecule has 0 saturated carbocycles. The van der Waals surface area contributed by atoms with Gasteiger partial charge in [-0.3, -0.25) is 0 Å². The highest BCUT2D eigenvalue weighted by Crippen LogP contribution is 2.34. The number of halogens is 1. The molecule has 148 valence electrons. The Kier molecular flexibility index (Phi) is 4.83. The number of hydrogen-bond donors (Lipinski definition) is 2. The van der Waals surface area contributed by atoms with E-state index in [0.29, 0.717) is 13.1 Å². The number of fused-ring (bicyclic) bond motifs is 3. The summed E-state index contributed by atoms with van der Waals surface area (Å²) in [6.45, 7) is 1.25. The molecule has 3 aromatic rings. The van der Waals surface area contributed by atoms with Crippen molar-refractivity contribution in [1.82, 2.24) is 19.9 Å². The van der Waals surface area contributed by atoms with Gasteiger partial charge in [0, 0.05) is 34.3 Å². The highest BCUT2D eigenvalue weighted by atomic mass is 79.9. The topological polar surface area (TPSA) is 73.9 Å². The zero-order valence-electron chi connectivity index (χ0n) is 16.0. The van der Waals surface area contributed by atoms with E-state index in [1.165, 1.54) is 35.1 Å². The summed E-state index contributed by atoms with van der Waals surface area (Å²) in [5.74, 6) is 0. The van der Waals surface area contributed by atoms with Crippen molar-refractivity contribution in [3.63, 3.8) is 0 Å². The Labute approximate surface area is 177 Å². The summed E-state index contributed by atoms with van der Waals surface area (Å²) in [5.41, 5.74) is 6.67. The van der Waals surface area contributed by atoms with E-state index in [2.05, 4.69) is 42.3 Å². The lowest BCUT2D eigenvalue weighted by Crippen LogP contribution is -2.38. The van der Waals surface area contributed by atoms with Crippen LogP contribution in [-0.4, -0.2) is 39.0 Å². The molecule has 1 aromatic carbocycles. The van der Waals surface area contributed by atoms with E-state index in [9.17, 15) is 4.79 Å². The summed E-state index contributed by atoms with van der Waals surface area (Å²) in [6, 6.07) is 7.56. The predicted octanol–water partition coefficient (Wildman–Crippen LogP) is 4.92. The quantitative estimate of drug-likeness (QED) is 0.580.